The zero-order chi connectivity index (χ0) is 8.27. The molecule has 3 atom stereocenters. The van der Waals surface area contributed by atoms with Gasteiger partial charge in [0.2, 0.25) is 0 Å². The van der Waals surface area contributed by atoms with Gasteiger partial charge >= 0.3 is 0 Å². The number of hydrogen-bond donors (Lipinski definition) is 0. The average molecular weight is 171 g/mol. The molecule has 2 unspecified atom stereocenters. The number of halogens is 1. The number of alkyl halides is 1. The van der Waals surface area contributed by atoms with Crippen molar-refractivity contribution in [2.45, 2.75) is 30.7 Å². The van der Waals surface area contributed by atoms with E-state index in [0.29, 0.717) is 0 Å². The first-order valence-corrected chi connectivity index (χ1v) is 4.21. The highest BCUT2D eigenvalue weighted by molar-refractivity contribution is 6.21. The van der Waals surface area contributed by atoms with Crippen LogP contribution in [0.5, 0.6) is 0 Å². The topological polar surface area (TPSA) is 36.1 Å². The average Bonchev–Trinajstić information content (AvgIpc) is 2.04. The van der Waals surface area contributed by atoms with Crippen LogP contribution in [-0.4, -0.2) is 18.1 Å². The van der Waals surface area contributed by atoms with Gasteiger partial charge in [-0.3, -0.25) is 4.99 Å². The Labute approximate surface area is 71.9 Å². The summed E-state index contributed by atoms with van der Waals surface area (Å²) in [6.45, 7) is 3.48. The summed E-state index contributed by atoms with van der Waals surface area (Å²) in [5, 5.41) is 8.62. The molecule has 1 aliphatic rings. The Kier molecular flexibility index (Phi) is 2.90. The van der Waals surface area contributed by atoms with Crippen LogP contribution in [0.4, 0.5) is 0 Å². The second-order valence-electron chi connectivity index (χ2n) is 2.90. The fourth-order valence-electron chi connectivity index (χ4n) is 1.41. The molecule has 1 aliphatic carbocycles. The van der Waals surface area contributed by atoms with Gasteiger partial charge in [0.25, 0.3) is 0 Å². The van der Waals surface area contributed by atoms with Crippen molar-refractivity contribution in [3.8, 4) is 6.07 Å². The Morgan fingerprint density at radius 2 is 2.27 bits per heavy atom. The normalized spacial score (nSPS) is 37.6. The predicted octanol–water partition coefficient (Wildman–Crippen LogP) is 1.99. The molecule has 0 N–H and O–H groups in total. The first-order valence-electron chi connectivity index (χ1n) is 3.77. The standard InChI is InChI=1S/C8H11ClN2/c1-11-7-3-2-6(5-10)8(9)4-7/h6-8H,1-4H2/t6?,7?,8-/m1/s1. The molecule has 0 aromatic carbocycles. The van der Waals surface area contributed by atoms with E-state index in [1.165, 1.54) is 0 Å². The number of aliphatic imine (C=N–C) groups is 1. The van der Waals surface area contributed by atoms with Gasteiger partial charge in [0.05, 0.1) is 23.4 Å². The summed E-state index contributed by atoms with van der Waals surface area (Å²) in [7, 11) is 0. The van der Waals surface area contributed by atoms with Crippen molar-refractivity contribution in [2.24, 2.45) is 10.9 Å². The molecule has 0 radical (unpaired) electrons. The summed E-state index contributed by atoms with van der Waals surface area (Å²) < 4.78 is 0. The van der Waals surface area contributed by atoms with Crippen molar-refractivity contribution in [1.29, 1.82) is 5.26 Å². The largest absolute Gasteiger partial charge is 0.298 e. The van der Waals surface area contributed by atoms with E-state index in [1.54, 1.807) is 0 Å². The van der Waals surface area contributed by atoms with E-state index in [1.807, 2.05) is 0 Å². The fraction of sp³-hybridized carbons (Fsp3) is 0.750. The Morgan fingerprint density at radius 3 is 2.73 bits per heavy atom. The van der Waals surface area contributed by atoms with Crippen molar-refractivity contribution in [3.63, 3.8) is 0 Å². The minimum absolute atomic E-state index is 0.0228. The number of hydrogen-bond acceptors (Lipinski definition) is 2. The molecular weight excluding hydrogens is 160 g/mol. The lowest BCUT2D eigenvalue weighted by molar-refractivity contribution is 0.391. The molecule has 1 fully saturated rings. The highest BCUT2D eigenvalue weighted by atomic mass is 35.5. The minimum atomic E-state index is -0.0238. The molecule has 0 bridgehead atoms. The van der Waals surface area contributed by atoms with Gasteiger partial charge in [0.1, 0.15) is 0 Å². The molecule has 3 heteroatoms. The second-order valence-corrected chi connectivity index (χ2v) is 3.46. The van der Waals surface area contributed by atoms with Crippen LogP contribution in [0, 0.1) is 17.2 Å². The van der Waals surface area contributed by atoms with E-state index >= 15 is 0 Å². The summed E-state index contributed by atoms with van der Waals surface area (Å²) >= 11 is 5.95. The van der Waals surface area contributed by atoms with Crippen LogP contribution in [0.25, 0.3) is 0 Å². The van der Waals surface area contributed by atoms with Crippen LogP contribution < -0.4 is 0 Å². The van der Waals surface area contributed by atoms with Gasteiger partial charge in [-0.05, 0) is 26.0 Å². The molecule has 0 aromatic rings. The molecule has 0 aromatic heterocycles. The summed E-state index contributed by atoms with van der Waals surface area (Å²) in [5.41, 5.74) is 0. The van der Waals surface area contributed by atoms with E-state index < -0.39 is 0 Å². The van der Waals surface area contributed by atoms with Crippen LogP contribution in [0.15, 0.2) is 4.99 Å². The van der Waals surface area contributed by atoms with E-state index in [4.69, 9.17) is 16.9 Å². The molecule has 0 aliphatic heterocycles. The quantitative estimate of drug-likeness (QED) is 0.438. The van der Waals surface area contributed by atoms with Crippen LogP contribution in [0.3, 0.4) is 0 Å². The van der Waals surface area contributed by atoms with Crippen molar-refractivity contribution < 1.29 is 0 Å². The molecule has 0 saturated heterocycles. The van der Waals surface area contributed by atoms with Gasteiger partial charge in [-0.2, -0.15) is 5.26 Å². The SMILES string of the molecule is C=NC1CCC(C#N)[C@H](Cl)C1. The van der Waals surface area contributed by atoms with Crippen LogP contribution >= 0.6 is 11.6 Å². The third-order valence-corrected chi connectivity index (χ3v) is 2.65. The predicted molar refractivity (Wildman–Crippen MR) is 45.9 cm³/mol. The fourth-order valence-corrected chi connectivity index (χ4v) is 1.79. The molecule has 0 amide bonds. The molecule has 60 valence electrons. The highest BCUT2D eigenvalue weighted by Gasteiger charge is 2.28. The molecule has 11 heavy (non-hydrogen) atoms. The van der Waals surface area contributed by atoms with Crippen LogP contribution in [0.2, 0.25) is 0 Å². The van der Waals surface area contributed by atoms with Crippen molar-refractivity contribution in [1.82, 2.24) is 0 Å². The number of nitriles is 1. The Bertz CT molecular complexity index is 185. The van der Waals surface area contributed by atoms with Crippen molar-refractivity contribution in [3.05, 3.63) is 0 Å². The highest BCUT2D eigenvalue weighted by Crippen LogP contribution is 2.29. The van der Waals surface area contributed by atoms with E-state index in [2.05, 4.69) is 17.8 Å². The summed E-state index contributed by atoms with van der Waals surface area (Å²) in [4.78, 5) is 3.92. The first kappa shape index (κ1) is 8.55. The number of rotatable bonds is 1. The van der Waals surface area contributed by atoms with Crippen LogP contribution in [-0.2, 0) is 0 Å². The van der Waals surface area contributed by atoms with Gasteiger partial charge in [0, 0.05) is 0 Å². The lowest BCUT2D eigenvalue weighted by atomic mass is 9.87. The Balaban J connectivity index is 2.48. The van der Waals surface area contributed by atoms with E-state index in [0.717, 1.165) is 19.3 Å². The van der Waals surface area contributed by atoms with Gasteiger partial charge < -0.3 is 0 Å². The third kappa shape index (κ3) is 1.94. The molecule has 1 rings (SSSR count). The summed E-state index contributed by atoms with van der Waals surface area (Å²) in [6.07, 6.45) is 2.64. The third-order valence-electron chi connectivity index (χ3n) is 2.17. The maximum atomic E-state index is 8.64. The maximum Gasteiger partial charge on any atom is 0.0671 e. The lowest BCUT2D eigenvalue weighted by Gasteiger charge is -2.25. The van der Waals surface area contributed by atoms with Gasteiger partial charge in [0.15, 0.2) is 0 Å². The maximum absolute atomic E-state index is 8.64. The van der Waals surface area contributed by atoms with Crippen LogP contribution in [0.1, 0.15) is 19.3 Å². The van der Waals surface area contributed by atoms with Crippen molar-refractivity contribution in [2.75, 3.05) is 0 Å². The van der Waals surface area contributed by atoms with E-state index in [9.17, 15) is 0 Å². The molecule has 1 saturated carbocycles. The first-order chi connectivity index (χ1) is 5.27. The number of nitrogens with zero attached hydrogens (tertiary/aromatic N) is 2. The van der Waals surface area contributed by atoms with Gasteiger partial charge in [-0.25, -0.2) is 0 Å². The van der Waals surface area contributed by atoms with E-state index in [-0.39, 0.29) is 17.3 Å². The zero-order valence-electron chi connectivity index (χ0n) is 6.33. The minimum Gasteiger partial charge on any atom is -0.298 e. The second kappa shape index (κ2) is 3.73. The molecule has 0 heterocycles. The monoisotopic (exact) mass is 170 g/mol. The summed E-state index contributed by atoms with van der Waals surface area (Å²) in [5.74, 6) is 0.0228. The molecule has 2 nitrogen and oxygen atoms in total. The summed E-state index contributed by atoms with van der Waals surface area (Å²) in [6, 6.07) is 2.48. The Morgan fingerprint density at radius 1 is 1.55 bits per heavy atom. The van der Waals surface area contributed by atoms with Gasteiger partial charge in [-0.1, -0.05) is 0 Å². The van der Waals surface area contributed by atoms with Gasteiger partial charge in [-0.15, -0.1) is 11.6 Å². The Hall–Kier alpha value is -0.550. The zero-order valence-corrected chi connectivity index (χ0v) is 7.09. The molecule has 0 spiro atoms. The molecular formula is C8H11ClN2. The van der Waals surface area contributed by atoms with Crippen molar-refractivity contribution >= 4 is 18.3 Å². The smallest absolute Gasteiger partial charge is 0.0671 e. The lowest BCUT2D eigenvalue weighted by Crippen LogP contribution is -2.26.